The van der Waals surface area contributed by atoms with Gasteiger partial charge in [0.2, 0.25) is 5.89 Å². The second kappa shape index (κ2) is 8.10. The Bertz CT molecular complexity index is 1250. The second-order valence-corrected chi connectivity index (χ2v) is 6.66. The molecule has 0 aliphatic heterocycles. The zero-order valence-electron chi connectivity index (χ0n) is 15.4. The van der Waals surface area contributed by atoms with Crippen molar-refractivity contribution in [3.05, 3.63) is 88.5 Å². The number of benzene rings is 3. The smallest absolute Gasteiger partial charge is 0.282 e. The van der Waals surface area contributed by atoms with E-state index in [2.05, 4.69) is 15.6 Å². The highest BCUT2D eigenvalue weighted by molar-refractivity contribution is 7.80. The third-order valence-corrected chi connectivity index (χ3v) is 4.44. The number of aromatic nitrogens is 1. The van der Waals surface area contributed by atoms with Crippen molar-refractivity contribution >= 4 is 45.7 Å². The van der Waals surface area contributed by atoms with E-state index in [1.807, 2.05) is 30.3 Å². The topological polar surface area (TPSA) is 110 Å². The number of carbonyl (C=O) groups is 1. The molecule has 0 bridgehead atoms. The highest BCUT2D eigenvalue weighted by atomic mass is 32.1. The van der Waals surface area contributed by atoms with Crippen molar-refractivity contribution in [2.24, 2.45) is 0 Å². The molecule has 30 heavy (non-hydrogen) atoms. The molecule has 4 rings (SSSR count). The summed E-state index contributed by atoms with van der Waals surface area (Å²) in [6.45, 7) is 0. The van der Waals surface area contributed by atoms with Crippen molar-refractivity contribution in [1.29, 1.82) is 0 Å². The molecule has 0 fully saturated rings. The number of hydrogen-bond donors (Lipinski definition) is 2. The van der Waals surface area contributed by atoms with Gasteiger partial charge in [-0.1, -0.05) is 30.3 Å². The number of rotatable bonds is 4. The van der Waals surface area contributed by atoms with E-state index in [9.17, 15) is 14.9 Å². The van der Waals surface area contributed by atoms with Crippen molar-refractivity contribution in [3.8, 4) is 11.5 Å². The van der Waals surface area contributed by atoms with Crippen LogP contribution >= 0.6 is 12.2 Å². The Morgan fingerprint density at radius 1 is 1.03 bits per heavy atom. The van der Waals surface area contributed by atoms with Crippen LogP contribution in [0.15, 0.2) is 77.2 Å². The highest BCUT2D eigenvalue weighted by Gasteiger charge is 2.20. The van der Waals surface area contributed by atoms with Crippen molar-refractivity contribution in [1.82, 2.24) is 10.3 Å². The lowest BCUT2D eigenvalue weighted by Crippen LogP contribution is -2.34. The van der Waals surface area contributed by atoms with Crippen molar-refractivity contribution < 1.29 is 14.1 Å². The predicted octanol–water partition coefficient (Wildman–Crippen LogP) is 4.53. The number of nitro groups is 1. The van der Waals surface area contributed by atoms with E-state index in [-0.39, 0.29) is 16.4 Å². The summed E-state index contributed by atoms with van der Waals surface area (Å²) < 4.78 is 5.77. The molecule has 0 atom stereocenters. The van der Waals surface area contributed by atoms with Gasteiger partial charge in [0, 0.05) is 17.3 Å². The molecule has 0 saturated carbocycles. The number of nitrogens with zero attached hydrogens (tertiary/aromatic N) is 2. The molecule has 0 spiro atoms. The lowest BCUT2D eigenvalue weighted by Gasteiger charge is -2.10. The van der Waals surface area contributed by atoms with Crippen molar-refractivity contribution in [2.75, 3.05) is 5.32 Å². The first-order valence-corrected chi connectivity index (χ1v) is 9.24. The Hall–Kier alpha value is -4.11. The van der Waals surface area contributed by atoms with E-state index in [1.54, 1.807) is 24.3 Å². The average Bonchev–Trinajstić information content (AvgIpc) is 3.18. The lowest BCUT2D eigenvalue weighted by molar-refractivity contribution is -0.385. The van der Waals surface area contributed by atoms with Crippen LogP contribution in [0.25, 0.3) is 22.6 Å². The molecule has 2 N–H and O–H groups in total. The van der Waals surface area contributed by atoms with Crippen LogP contribution in [0.3, 0.4) is 0 Å². The third-order valence-electron chi connectivity index (χ3n) is 4.23. The summed E-state index contributed by atoms with van der Waals surface area (Å²) in [5, 5.41) is 16.5. The van der Waals surface area contributed by atoms with E-state index < -0.39 is 10.8 Å². The third kappa shape index (κ3) is 4.01. The Morgan fingerprint density at radius 2 is 1.80 bits per heavy atom. The van der Waals surface area contributed by atoms with Crippen LogP contribution in [0.5, 0.6) is 0 Å². The summed E-state index contributed by atoms with van der Waals surface area (Å²) in [5.74, 6) is -0.218. The first-order valence-electron chi connectivity index (χ1n) is 8.83. The number of anilines is 1. The quantitative estimate of drug-likeness (QED) is 0.285. The fourth-order valence-corrected chi connectivity index (χ4v) is 3.09. The van der Waals surface area contributed by atoms with Crippen LogP contribution in [0.4, 0.5) is 11.4 Å². The minimum Gasteiger partial charge on any atom is -0.436 e. The number of oxazole rings is 1. The molecule has 0 aliphatic carbocycles. The van der Waals surface area contributed by atoms with Gasteiger partial charge >= 0.3 is 0 Å². The maximum atomic E-state index is 12.4. The number of fused-ring (bicyclic) bond motifs is 1. The SMILES string of the molecule is O=C(NC(=S)Nc1cccc(-c2nc3ccccc3o2)c1)c1ccccc1[N+](=O)[O-]. The van der Waals surface area contributed by atoms with Gasteiger partial charge < -0.3 is 9.73 Å². The van der Waals surface area contributed by atoms with Crippen LogP contribution in [0.2, 0.25) is 0 Å². The molecule has 0 radical (unpaired) electrons. The van der Waals surface area contributed by atoms with Crippen LogP contribution in [0, 0.1) is 10.1 Å². The molecule has 4 aromatic rings. The van der Waals surface area contributed by atoms with E-state index >= 15 is 0 Å². The maximum Gasteiger partial charge on any atom is 0.282 e. The van der Waals surface area contributed by atoms with Gasteiger partial charge in [-0.05, 0) is 48.6 Å². The number of para-hydroxylation sites is 3. The minimum atomic E-state index is -0.671. The first-order chi connectivity index (χ1) is 14.5. The number of carbonyl (C=O) groups excluding carboxylic acids is 1. The zero-order valence-corrected chi connectivity index (χ0v) is 16.2. The Morgan fingerprint density at radius 3 is 2.60 bits per heavy atom. The minimum absolute atomic E-state index is 0.00728. The number of amides is 1. The average molecular weight is 418 g/mol. The van der Waals surface area contributed by atoms with E-state index in [1.165, 1.54) is 18.2 Å². The molecule has 3 aromatic carbocycles. The van der Waals surface area contributed by atoms with Crippen molar-refractivity contribution in [2.45, 2.75) is 0 Å². The molecule has 9 heteroatoms. The molecule has 1 aromatic heterocycles. The van der Waals surface area contributed by atoms with Gasteiger partial charge in [0.1, 0.15) is 11.1 Å². The number of thiocarbonyl (C=S) groups is 1. The van der Waals surface area contributed by atoms with E-state index in [0.29, 0.717) is 17.2 Å². The summed E-state index contributed by atoms with van der Waals surface area (Å²) in [5.41, 5.74) is 2.38. The number of nitro benzene ring substituents is 1. The summed E-state index contributed by atoms with van der Waals surface area (Å²) in [7, 11) is 0. The number of hydrogen-bond acceptors (Lipinski definition) is 6. The summed E-state index contributed by atoms with van der Waals surface area (Å²) in [4.78, 5) is 27.3. The molecule has 0 aliphatic rings. The Labute approximate surface area is 175 Å². The molecule has 0 saturated heterocycles. The summed E-state index contributed by atoms with van der Waals surface area (Å²) in [6.07, 6.45) is 0. The van der Waals surface area contributed by atoms with Gasteiger partial charge in [-0.3, -0.25) is 20.2 Å². The zero-order chi connectivity index (χ0) is 21.1. The standard InChI is InChI=1S/C21H14N4O4S/c26-19(15-8-1-3-10-17(15)25(27)28)24-21(30)22-14-7-5-6-13(12-14)20-23-16-9-2-4-11-18(16)29-20/h1-12H,(H2,22,24,26,30). The van der Waals surface area contributed by atoms with E-state index in [4.69, 9.17) is 16.6 Å². The Kier molecular flexibility index (Phi) is 5.19. The monoisotopic (exact) mass is 418 g/mol. The van der Waals surface area contributed by atoms with Crippen LogP contribution in [-0.2, 0) is 0 Å². The molecular weight excluding hydrogens is 404 g/mol. The fourth-order valence-electron chi connectivity index (χ4n) is 2.88. The summed E-state index contributed by atoms with van der Waals surface area (Å²) >= 11 is 5.18. The highest BCUT2D eigenvalue weighted by Crippen LogP contribution is 2.26. The van der Waals surface area contributed by atoms with Gasteiger partial charge in [-0.15, -0.1) is 0 Å². The fraction of sp³-hybridized carbons (Fsp3) is 0. The van der Waals surface area contributed by atoms with Crippen LogP contribution in [0.1, 0.15) is 10.4 Å². The largest absolute Gasteiger partial charge is 0.436 e. The lowest BCUT2D eigenvalue weighted by atomic mass is 10.1. The normalized spacial score (nSPS) is 10.5. The van der Waals surface area contributed by atoms with Gasteiger partial charge in [-0.25, -0.2) is 4.98 Å². The van der Waals surface area contributed by atoms with Gasteiger partial charge in [0.05, 0.1) is 4.92 Å². The van der Waals surface area contributed by atoms with Crippen molar-refractivity contribution in [3.63, 3.8) is 0 Å². The molecule has 1 heterocycles. The molecular formula is C21H14N4O4S. The molecule has 1 amide bonds. The predicted molar refractivity (Wildman–Crippen MR) is 116 cm³/mol. The van der Waals surface area contributed by atoms with Gasteiger partial charge in [0.15, 0.2) is 10.7 Å². The van der Waals surface area contributed by atoms with Gasteiger partial charge in [-0.2, -0.15) is 0 Å². The molecule has 148 valence electrons. The molecule has 8 nitrogen and oxygen atoms in total. The van der Waals surface area contributed by atoms with Crippen LogP contribution in [-0.4, -0.2) is 20.9 Å². The van der Waals surface area contributed by atoms with Gasteiger partial charge in [0.25, 0.3) is 11.6 Å². The van der Waals surface area contributed by atoms with Crippen LogP contribution < -0.4 is 10.6 Å². The Balaban J connectivity index is 1.49. The maximum absolute atomic E-state index is 12.4. The summed E-state index contributed by atoms with van der Waals surface area (Å²) in [6, 6.07) is 20.3. The van der Waals surface area contributed by atoms with E-state index in [0.717, 1.165) is 11.1 Å². The second-order valence-electron chi connectivity index (χ2n) is 6.25. The first kappa shape index (κ1) is 19.2. The number of nitrogens with one attached hydrogen (secondary N) is 2. The molecule has 0 unspecified atom stereocenters.